The molecule has 1 aromatic carbocycles. The van der Waals surface area contributed by atoms with Gasteiger partial charge in [0.1, 0.15) is 5.75 Å². The van der Waals surface area contributed by atoms with E-state index in [1.54, 1.807) is 28.4 Å². The van der Waals surface area contributed by atoms with Crippen molar-refractivity contribution in [2.24, 2.45) is 0 Å². The summed E-state index contributed by atoms with van der Waals surface area (Å²) in [5, 5.41) is 3.26. The molecule has 1 N–H and O–H groups in total. The molecular formula is C13H21NO4. The fourth-order valence-corrected chi connectivity index (χ4v) is 1.63. The molecule has 0 fully saturated rings. The van der Waals surface area contributed by atoms with Gasteiger partial charge in [-0.05, 0) is 6.07 Å². The van der Waals surface area contributed by atoms with Gasteiger partial charge >= 0.3 is 0 Å². The molecule has 0 atom stereocenters. The van der Waals surface area contributed by atoms with Crippen LogP contribution in [0.15, 0.2) is 12.1 Å². The lowest BCUT2D eigenvalue weighted by molar-refractivity contribution is 0.199. The average Bonchev–Trinajstić information content (AvgIpc) is 2.42. The maximum absolute atomic E-state index is 5.34. The molecule has 5 heteroatoms. The van der Waals surface area contributed by atoms with Gasteiger partial charge in [-0.1, -0.05) is 0 Å². The molecule has 0 heterocycles. The molecule has 0 radical (unpaired) electrons. The van der Waals surface area contributed by atoms with Crippen molar-refractivity contribution in [3.63, 3.8) is 0 Å². The van der Waals surface area contributed by atoms with Crippen molar-refractivity contribution < 1.29 is 18.9 Å². The fraction of sp³-hybridized carbons (Fsp3) is 0.538. The number of hydrogen-bond acceptors (Lipinski definition) is 5. The summed E-state index contributed by atoms with van der Waals surface area (Å²) >= 11 is 0. The Kier molecular flexibility index (Phi) is 6.32. The Morgan fingerprint density at radius 3 is 2.06 bits per heavy atom. The summed E-state index contributed by atoms with van der Waals surface area (Å²) in [4.78, 5) is 0. The van der Waals surface area contributed by atoms with E-state index >= 15 is 0 Å². The van der Waals surface area contributed by atoms with Crippen LogP contribution in [-0.4, -0.2) is 41.6 Å². The molecule has 5 nitrogen and oxygen atoms in total. The Labute approximate surface area is 108 Å². The number of nitrogens with one attached hydrogen (secondary N) is 1. The van der Waals surface area contributed by atoms with Gasteiger partial charge in [0.2, 0.25) is 0 Å². The Morgan fingerprint density at radius 2 is 1.50 bits per heavy atom. The molecular weight excluding hydrogens is 234 g/mol. The summed E-state index contributed by atoms with van der Waals surface area (Å²) in [6.07, 6.45) is 0. The van der Waals surface area contributed by atoms with Gasteiger partial charge in [0.05, 0.1) is 27.9 Å². The monoisotopic (exact) mass is 255 g/mol. The summed E-state index contributed by atoms with van der Waals surface area (Å²) in [7, 11) is 6.54. The summed E-state index contributed by atoms with van der Waals surface area (Å²) in [6, 6.07) is 3.74. The van der Waals surface area contributed by atoms with E-state index in [4.69, 9.17) is 18.9 Å². The van der Waals surface area contributed by atoms with E-state index < -0.39 is 0 Å². The lowest BCUT2D eigenvalue weighted by atomic mass is 10.1. The molecule has 0 aliphatic rings. The number of hydrogen-bond donors (Lipinski definition) is 1. The van der Waals surface area contributed by atoms with Gasteiger partial charge in [-0.25, -0.2) is 0 Å². The Morgan fingerprint density at radius 1 is 0.889 bits per heavy atom. The molecule has 1 aromatic rings. The van der Waals surface area contributed by atoms with Gasteiger partial charge in [-0.2, -0.15) is 0 Å². The minimum atomic E-state index is 0.662. The van der Waals surface area contributed by atoms with Crippen molar-refractivity contribution in [3.8, 4) is 17.2 Å². The van der Waals surface area contributed by atoms with Crippen LogP contribution in [0.4, 0.5) is 0 Å². The molecule has 0 amide bonds. The molecule has 0 saturated heterocycles. The van der Waals surface area contributed by atoms with Crippen molar-refractivity contribution in [1.82, 2.24) is 5.32 Å². The van der Waals surface area contributed by atoms with Gasteiger partial charge < -0.3 is 24.3 Å². The average molecular weight is 255 g/mol. The Bertz CT molecular complexity index is 368. The van der Waals surface area contributed by atoms with Crippen LogP contribution in [0.2, 0.25) is 0 Å². The third-order valence-corrected chi connectivity index (χ3v) is 2.59. The van der Waals surface area contributed by atoms with Crippen LogP contribution < -0.4 is 19.5 Å². The third kappa shape index (κ3) is 3.78. The van der Waals surface area contributed by atoms with Gasteiger partial charge in [-0.15, -0.1) is 0 Å². The molecule has 0 spiro atoms. The van der Waals surface area contributed by atoms with Crippen LogP contribution in [0.3, 0.4) is 0 Å². The minimum Gasteiger partial charge on any atom is -0.496 e. The summed E-state index contributed by atoms with van der Waals surface area (Å²) in [5.41, 5.74) is 1.02. The van der Waals surface area contributed by atoms with E-state index in [1.165, 1.54) is 0 Å². The first-order valence-electron chi connectivity index (χ1n) is 5.75. The zero-order chi connectivity index (χ0) is 13.4. The van der Waals surface area contributed by atoms with Crippen molar-refractivity contribution in [2.45, 2.75) is 6.54 Å². The van der Waals surface area contributed by atoms with Crippen molar-refractivity contribution in [2.75, 3.05) is 41.6 Å². The van der Waals surface area contributed by atoms with E-state index in [2.05, 4.69) is 5.32 Å². The van der Waals surface area contributed by atoms with Crippen LogP contribution >= 0.6 is 0 Å². The predicted molar refractivity (Wildman–Crippen MR) is 69.7 cm³/mol. The molecule has 102 valence electrons. The van der Waals surface area contributed by atoms with E-state index in [9.17, 15) is 0 Å². The Balaban J connectivity index is 2.81. The topological polar surface area (TPSA) is 49.0 Å². The summed E-state index contributed by atoms with van der Waals surface area (Å²) in [6.45, 7) is 2.15. The zero-order valence-electron chi connectivity index (χ0n) is 11.4. The quantitative estimate of drug-likeness (QED) is 0.712. The lowest BCUT2D eigenvalue weighted by Crippen LogP contribution is -2.19. The molecule has 0 aliphatic carbocycles. The standard InChI is InChI=1S/C13H21NO4/c1-15-6-5-14-9-10-7-12(17-3)13(18-4)8-11(10)16-2/h7-8,14H,5-6,9H2,1-4H3. The number of ether oxygens (including phenoxy) is 4. The number of rotatable bonds is 8. The fourth-order valence-electron chi connectivity index (χ4n) is 1.63. The van der Waals surface area contributed by atoms with E-state index in [-0.39, 0.29) is 0 Å². The lowest BCUT2D eigenvalue weighted by Gasteiger charge is -2.14. The van der Waals surface area contributed by atoms with Crippen LogP contribution in [-0.2, 0) is 11.3 Å². The maximum atomic E-state index is 5.34. The molecule has 0 unspecified atom stereocenters. The number of methoxy groups -OCH3 is 4. The molecule has 1 rings (SSSR count). The van der Waals surface area contributed by atoms with Crippen molar-refractivity contribution in [1.29, 1.82) is 0 Å². The maximum Gasteiger partial charge on any atom is 0.164 e. The highest BCUT2D eigenvalue weighted by Gasteiger charge is 2.11. The van der Waals surface area contributed by atoms with E-state index in [0.29, 0.717) is 24.7 Å². The minimum absolute atomic E-state index is 0.662. The molecule has 0 aliphatic heterocycles. The largest absolute Gasteiger partial charge is 0.496 e. The van der Waals surface area contributed by atoms with Crippen LogP contribution in [0.25, 0.3) is 0 Å². The molecule has 18 heavy (non-hydrogen) atoms. The Hall–Kier alpha value is -1.46. The third-order valence-electron chi connectivity index (χ3n) is 2.59. The van der Waals surface area contributed by atoms with Gasteiger partial charge in [0.15, 0.2) is 11.5 Å². The molecule has 0 bridgehead atoms. The van der Waals surface area contributed by atoms with Crippen LogP contribution in [0.1, 0.15) is 5.56 Å². The first-order valence-corrected chi connectivity index (χ1v) is 5.75. The predicted octanol–water partition coefficient (Wildman–Crippen LogP) is 1.45. The second-order valence-electron chi connectivity index (χ2n) is 3.69. The first-order chi connectivity index (χ1) is 8.76. The smallest absolute Gasteiger partial charge is 0.164 e. The highest BCUT2D eigenvalue weighted by molar-refractivity contribution is 5.50. The van der Waals surface area contributed by atoms with E-state index in [1.807, 2.05) is 12.1 Å². The zero-order valence-corrected chi connectivity index (χ0v) is 11.4. The second-order valence-corrected chi connectivity index (χ2v) is 3.69. The highest BCUT2D eigenvalue weighted by atomic mass is 16.5. The van der Waals surface area contributed by atoms with E-state index in [0.717, 1.165) is 17.9 Å². The SMILES string of the molecule is COCCNCc1cc(OC)c(OC)cc1OC. The molecule has 0 saturated carbocycles. The van der Waals surface area contributed by atoms with Gasteiger partial charge in [0, 0.05) is 31.8 Å². The van der Waals surface area contributed by atoms with Crippen molar-refractivity contribution >= 4 is 0 Å². The summed E-state index contributed by atoms with van der Waals surface area (Å²) in [5.74, 6) is 2.13. The molecule has 0 aromatic heterocycles. The van der Waals surface area contributed by atoms with Crippen molar-refractivity contribution in [3.05, 3.63) is 17.7 Å². The summed E-state index contributed by atoms with van der Waals surface area (Å²) < 4.78 is 20.8. The van der Waals surface area contributed by atoms with Gasteiger partial charge in [-0.3, -0.25) is 0 Å². The van der Waals surface area contributed by atoms with Crippen LogP contribution in [0, 0.1) is 0 Å². The van der Waals surface area contributed by atoms with Crippen LogP contribution in [0.5, 0.6) is 17.2 Å². The number of benzene rings is 1. The normalized spacial score (nSPS) is 10.2. The first kappa shape index (κ1) is 14.6. The highest BCUT2D eigenvalue weighted by Crippen LogP contribution is 2.34. The second kappa shape index (κ2) is 7.79. The van der Waals surface area contributed by atoms with Gasteiger partial charge in [0.25, 0.3) is 0 Å².